The number of esters is 3. The van der Waals surface area contributed by atoms with Crippen molar-refractivity contribution in [3.05, 3.63) is 29.8 Å². The largest absolute Gasteiger partial charge is 0.493 e. The molecule has 2 aliphatic rings. The molecule has 0 aromatic heterocycles. The SMILES string of the molecule is CC(=O)OC1CN(Cc2ccc(OCC3CC3)cc2)CC(OC(C)=O)C1OC(C)=O. The van der Waals surface area contributed by atoms with Crippen LogP contribution in [0.3, 0.4) is 0 Å². The molecule has 164 valence electrons. The van der Waals surface area contributed by atoms with Crippen LogP contribution < -0.4 is 4.74 Å². The first kappa shape index (κ1) is 22.1. The van der Waals surface area contributed by atoms with Crippen LogP contribution in [0.25, 0.3) is 0 Å². The van der Waals surface area contributed by atoms with Crippen molar-refractivity contribution < 1.29 is 33.3 Å². The van der Waals surface area contributed by atoms with Crippen molar-refractivity contribution in [3.8, 4) is 5.75 Å². The van der Waals surface area contributed by atoms with Gasteiger partial charge in [0.1, 0.15) is 5.75 Å². The summed E-state index contributed by atoms with van der Waals surface area (Å²) in [6.45, 7) is 5.90. The third-order valence-electron chi connectivity index (χ3n) is 5.06. The number of carbonyl (C=O) groups is 3. The summed E-state index contributed by atoms with van der Waals surface area (Å²) < 4.78 is 21.9. The molecule has 1 aliphatic heterocycles. The lowest BCUT2D eigenvalue weighted by Crippen LogP contribution is -2.58. The molecule has 3 rings (SSSR count). The van der Waals surface area contributed by atoms with E-state index in [0.29, 0.717) is 25.6 Å². The van der Waals surface area contributed by atoms with E-state index in [4.69, 9.17) is 18.9 Å². The van der Waals surface area contributed by atoms with Crippen LogP contribution in [0.1, 0.15) is 39.2 Å². The summed E-state index contributed by atoms with van der Waals surface area (Å²) in [4.78, 5) is 36.7. The highest BCUT2D eigenvalue weighted by Gasteiger charge is 2.43. The second kappa shape index (κ2) is 9.93. The van der Waals surface area contributed by atoms with Crippen LogP contribution in [-0.4, -0.2) is 60.8 Å². The lowest BCUT2D eigenvalue weighted by atomic mass is 10.00. The second-order valence-electron chi connectivity index (χ2n) is 7.96. The highest BCUT2D eigenvalue weighted by atomic mass is 16.6. The number of rotatable bonds is 8. The molecule has 0 amide bonds. The molecule has 0 radical (unpaired) electrons. The second-order valence-corrected chi connectivity index (χ2v) is 7.96. The van der Waals surface area contributed by atoms with Gasteiger partial charge in [0.25, 0.3) is 0 Å². The van der Waals surface area contributed by atoms with Gasteiger partial charge in [-0.15, -0.1) is 0 Å². The van der Waals surface area contributed by atoms with Crippen molar-refractivity contribution in [3.63, 3.8) is 0 Å². The zero-order valence-electron chi connectivity index (χ0n) is 17.7. The van der Waals surface area contributed by atoms with Crippen molar-refractivity contribution in [2.75, 3.05) is 19.7 Å². The number of benzene rings is 1. The smallest absolute Gasteiger partial charge is 0.303 e. The molecule has 1 heterocycles. The molecule has 8 nitrogen and oxygen atoms in total. The van der Waals surface area contributed by atoms with Crippen molar-refractivity contribution in [1.29, 1.82) is 0 Å². The monoisotopic (exact) mass is 419 g/mol. The van der Waals surface area contributed by atoms with Gasteiger partial charge in [-0.25, -0.2) is 0 Å². The van der Waals surface area contributed by atoms with Gasteiger partial charge < -0.3 is 18.9 Å². The van der Waals surface area contributed by atoms with E-state index in [9.17, 15) is 14.4 Å². The quantitative estimate of drug-likeness (QED) is 0.467. The van der Waals surface area contributed by atoms with Crippen LogP contribution in [0.5, 0.6) is 5.75 Å². The Labute approximate surface area is 176 Å². The molecule has 1 aromatic carbocycles. The summed E-state index contributed by atoms with van der Waals surface area (Å²) in [5.41, 5.74) is 1.04. The van der Waals surface area contributed by atoms with E-state index in [-0.39, 0.29) is 0 Å². The Balaban J connectivity index is 1.67. The van der Waals surface area contributed by atoms with Crippen molar-refractivity contribution in [1.82, 2.24) is 4.90 Å². The maximum atomic E-state index is 11.6. The Morgan fingerprint density at radius 2 is 1.40 bits per heavy atom. The van der Waals surface area contributed by atoms with Gasteiger partial charge in [-0.3, -0.25) is 19.3 Å². The Morgan fingerprint density at radius 1 is 0.867 bits per heavy atom. The maximum absolute atomic E-state index is 11.6. The molecule has 0 bridgehead atoms. The van der Waals surface area contributed by atoms with Gasteiger partial charge in [0, 0.05) is 40.4 Å². The third-order valence-corrected chi connectivity index (χ3v) is 5.06. The fourth-order valence-electron chi connectivity index (χ4n) is 3.59. The number of carbonyl (C=O) groups excluding carboxylic acids is 3. The van der Waals surface area contributed by atoms with Gasteiger partial charge in [-0.2, -0.15) is 0 Å². The third kappa shape index (κ3) is 6.73. The Bertz CT molecular complexity index is 733. The minimum absolute atomic E-state index is 0.356. The van der Waals surface area contributed by atoms with E-state index in [1.807, 2.05) is 29.2 Å². The van der Waals surface area contributed by atoms with Crippen LogP contribution in [0, 0.1) is 5.92 Å². The molecule has 1 saturated carbocycles. The fourth-order valence-corrected chi connectivity index (χ4v) is 3.59. The minimum Gasteiger partial charge on any atom is -0.493 e. The lowest BCUT2D eigenvalue weighted by Gasteiger charge is -2.41. The van der Waals surface area contributed by atoms with Crippen molar-refractivity contribution in [2.24, 2.45) is 5.92 Å². The predicted molar refractivity (Wildman–Crippen MR) is 107 cm³/mol. The normalized spacial score (nSPS) is 24.0. The number of ether oxygens (including phenoxy) is 4. The maximum Gasteiger partial charge on any atom is 0.303 e. The van der Waals surface area contributed by atoms with E-state index in [2.05, 4.69) is 0 Å². The first-order valence-electron chi connectivity index (χ1n) is 10.3. The van der Waals surface area contributed by atoms with Crippen molar-refractivity contribution in [2.45, 2.75) is 58.5 Å². The van der Waals surface area contributed by atoms with E-state index >= 15 is 0 Å². The van der Waals surface area contributed by atoms with Crippen molar-refractivity contribution >= 4 is 17.9 Å². The van der Waals surface area contributed by atoms with Gasteiger partial charge in [0.15, 0.2) is 18.3 Å². The Kier molecular flexibility index (Phi) is 7.31. The van der Waals surface area contributed by atoms with Crippen LogP contribution in [0.15, 0.2) is 24.3 Å². The molecule has 2 unspecified atom stereocenters. The van der Waals surface area contributed by atoms with Crippen LogP contribution in [0.2, 0.25) is 0 Å². The Morgan fingerprint density at radius 3 is 1.87 bits per heavy atom. The molecule has 2 atom stereocenters. The molecule has 2 fully saturated rings. The molecule has 1 aromatic rings. The molecule has 1 saturated heterocycles. The van der Waals surface area contributed by atoms with E-state index in [1.165, 1.54) is 33.6 Å². The summed E-state index contributed by atoms with van der Waals surface area (Å²) in [5, 5.41) is 0. The average Bonchev–Trinajstić information content (AvgIpc) is 3.47. The highest BCUT2D eigenvalue weighted by Crippen LogP contribution is 2.29. The standard InChI is InChI=1S/C22H29NO7/c1-14(24)28-20-11-23(12-21(29-15(2)25)22(20)30-16(3)26)10-17-6-8-19(9-7-17)27-13-18-4-5-18/h6-9,18,20-22H,4-5,10-13H2,1-3H3. The molecule has 0 spiro atoms. The summed E-state index contributed by atoms with van der Waals surface area (Å²) in [5.74, 6) is 0.0365. The number of piperidine rings is 1. The number of hydrogen-bond donors (Lipinski definition) is 0. The number of likely N-dealkylation sites (tertiary alicyclic amines) is 1. The highest BCUT2D eigenvalue weighted by molar-refractivity contribution is 5.68. The van der Waals surface area contributed by atoms with Gasteiger partial charge in [0.2, 0.25) is 0 Å². The summed E-state index contributed by atoms with van der Waals surface area (Å²) in [6.07, 6.45) is 0.184. The summed E-state index contributed by atoms with van der Waals surface area (Å²) >= 11 is 0. The average molecular weight is 419 g/mol. The molecule has 8 heteroatoms. The number of nitrogens with zero attached hydrogens (tertiary/aromatic N) is 1. The van der Waals surface area contributed by atoms with Gasteiger partial charge in [-0.05, 0) is 36.5 Å². The first-order chi connectivity index (χ1) is 14.3. The lowest BCUT2D eigenvalue weighted by molar-refractivity contribution is -0.195. The Hall–Kier alpha value is -2.61. The fraction of sp³-hybridized carbons (Fsp3) is 0.591. The predicted octanol–water partition coefficient (Wildman–Crippen LogP) is 2.09. The van der Waals surface area contributed by atoms with E-state index < -0.39 is 36.2 Å². The summed E-state index contributed by atoms with van der Waals surface area (Å²) in [6, 6.07) is 7.86. The molecule has 30 heavy (non-hydrogen) atoms. The minimum atomic E-state index is -0.843. The van der Waals surface area contributed by atoms with Crippen LogP contribution in [-0.2, 0) is 35.1 Å². The zero-order chi connectivity index (χ0) is 21.7. The molecule has 0 N–H and O–H groups in total. The van der Waals surface area contributed by atoms with Gasteiger partial charge >= 0.3 is 17.9 Å². The van der Waals surface area contributed by atoms with Gasteiger partial charge in [-0.1, -0.05) is 12.1 Å². The summed E-state index contributed by atoms with van der Waals surface area (Å²) in [7, 11) is 0. The van der Waals surface area contributed by atoms with Crippen LogP contribution >= 0.6 is 0 Å². The topological polar surface area (TPSA) is 91.4 Å². The molecular weight excluding hydrogens is 390 g/mol. The van der Waals surface area contributed by atoms with E-state index in [0.717, 1.165) is 17.9 Å². The van der Waals surface area contributed by atoms with Crippen LogP contribution in [0.4, 0.5) is 0 Å². The zero-order valence-corrected chi connectivity index (χ0v) is 17.7. The molecular formula is C22H29NO7. The van der Waals surface area contributed by atoms with Gasteiger partial charge in [0.05, 0.1) is 6.61 Å². The molecule has 1 aliphatic carbocycles. The number of hydrogen-bond acceptors (Lipinski definition) is 8. The first-order valence-corrected chi connectivity index (χ1v) is 10.3. The van der Waals surface area contributed by atoms with E-state index in [1.54, 1.807) is 0 Å².